The largest absolute Gasteiger partial charge is 0.306 e. The zero-order valence-corrected chi connectivity index (χ0v) is 9.47. The third kappa shape index (κ3) is 2.84. The van der Waals surface area contributed by atoms with Crippen LogP contribution in [0.5, 0.6) is 0 Å². The van der Waals surface area contributed by atoms with Crippen LogP contribution in [-0.4, -0.2) is 25.0 Å². The molecule has 1 saturated carbocycles. The van der Waals surface area contributed by atoms with E-state index < -0.39 is 0 Å². The van der Waals surface area contributed by atoms with Gasteiger partial charge in [-0.25, -0.2) is 0 Å². The molecule has 0 spiro atoms. The average molecular weight is 193 g/mol. The molecule has 0 bridgehead atoms. The second kappa shape index (κ2) is 4.97. The average Bonchev–Trinajstić information content (AvgIpc) is 2.58. The van der Waals surface area contributed by atoms with Gasteiger partial charge in [0.1, 0.15) is 0 Å². The molecule has 2 rings (SSSR count). The van der Waals surface area contributed by atoms with Crippen LogP contribution in [0.1, 0.15) is 44.9 Å². The highest BCUT2D eigenvalue weighted by Gasteiger charge is 2.17. The van der Waals surface area contributed by atoms with Crippen molar-refractivity contribution in [1.29, 1.82) is 0 Å². The quantitative estimate of drug-likeness (QED) is 0.609. The molecule has 1 nitrogen and oxygen atoms in total. The van der Waals surface area contributed by atoms with E-state index in [1.807, 2.05) is 0 Å². The molecule has 1 heteroatoms. The Morgan fingerprint density at radius 3 is 2.86 bits per heavy atom. The highest BCUT2D eigenvalue weighted by Crippen LogP contribution is 2.31. The number of nitrogens with zero attached hydrogens (tertiary/aromatic N) is 1. The predicted molar refractivity (Wildman–Crippen MR) is 61.4 cm³/mol. The van der Waals surface area contributed by atoms with Crippen LogP contribution in [-0.2, 0) is 0 Å². The Morgan fingerprint density at radius 1 is 1.29 bits per heavy atom. The van der Waals surface area contributed by atoms with E-state index in [0.717, 1.165) is 5.92 Å². The van der Waals surface area contributed by atoms with Gasteiger partial charge in [-0.1, -0.05) is 37.3 Å². The molecule has 1 aliphatic carbocycles. The molecule has 80 valence electrons. The summed E-state index contributed by atoms with van der Waals surface area (Å²) >= 11 is 0. The fraction of sp³-hybridized carbons (Fsp3) is 0.846. The SMILES string of the molecule is CN1CCC=C(CC2CCCC2)CC1. The van der Waals surface area contributed by atoms with E-state index in [9.17, 15) is 0 Å². The first-order valence-corrected chi connectivity index (χ1v) is 6.21. The van der Waals surface area contributed by atoms with E-state index in [-0.39, 0.29) is 0 Å². The van der Waals surface area contributed by atoms with E-state index in [1.54, 1.807) is 5.57 Å². The molecule has 0 aromatic carbocycles. The summed E-state index contributed by atoms with van der Waals surface area (Å²) in [6.45, 7) is 2.53. The normalized spacial score (nSPS) is 26.2. The molecule has 0 aromatic rings. The maximum absolute atomic E-state index is 2.52. The lowest BCUT2D eigenvalue weighted by Crippen LogP contribution is -2.19. The number of hydrogen-bond acceptors (Lipinski definition) is 1. The topological polar surface area (TPSA) is 3.24 Å². The Hall–Kier alpha value is -0.300. The van der Waals surface area contributed by atoms with Gasteiger partial charge in [0.05, 0.1) is 0 Å². The molecule has 2 aliphatic rings. The molecular formula is C13H23N. The maximum atomic E-state index is 2.52. The molecule has 0 saturated heterocycles. The van der Waals surface area contributed by atoms with Crippen LogP contribution >= 0.6 is 0 Å². The number of rotatable bonds is 2. The summed E-state index contributed by atoms with van der Waals surface area (Å²) in [5.41, 5.74) is 1.75. The third-order valence-electron chi connectivity index (χ3n) is 3.78. The first-order chi connectivity index (χ1) is 6.84. The second-order valence-corrected chi connectivity index (χ2v) is 5.06. The molecule has 0 amide bonds. The molecule has 0 radical (unpaired) electrons. The van der Waals surface area contributed by atoms with Gasteiger partial charge in [0.25, 0.3) is 0 Å². The van der Waals surface area contributed by atoms with E-state index in [0.29, 0.717) is 0 Å². The van der Waals surface area contributed by atoms with Gasteiger partial charge in [-0.15, -0.1) is 0 Å². The molecule has 1 fully saturated rings. The number of hydrogen-bond donors (Lipinski definition) is 0. The van der Waals surface area contributed by atoms with Crippen molar-refractivity contribution >= 4 is 0 Å². The van der Waals surface area contributed by atoms with Crippen molar-refractivity contribution < 1.29 is 0 Å². The third-order valence-corrected chi connectivity index (χ3v) is 3.78. The van der Waals surface area contributed by atoms with Crippen LogP contribution in [0.4, 0.5) is 0 Å². The van der Waals surface area contributed by atoms with Gasteiger partial charge >= 0.3 is 0 Å². The van der Waals surface area contributed by atoms with Gasteiger partial charge in [-0.3, -0.25) is 0 Å². The lowest BCUT2D eigenvalue weighted by atomic mass is 9.96. The van der Waals surface area contributed by atoms with Crippen LogP contribution in [0.25, 0.3) is 0 Å². The Labute approximate surface area is 88.2 Å². The predicted octanol–water partition coefficient (Wildman–Crippen LogP) is 3.22. The van der Waals surface area contributed by atoms with E-state index in [1.165, 1.54) is 58.0 Å². The standard InChI is InChI=1S/C13H23N/c1-14-9-4-7-13(8-10-14)11-12-5-2-3-6-12/h7,12H,2-6,8-11H2,1H3. The van der Waals surface area contributed by atoms with E-state index in [2.05, 4.69) is 18.0 Å². The minimum atomic E-state index is 1.03. The highest BCUT2D eigenvalue weighted by molar-refractivity contribution is 5.06. The molecule has 0 unspecified atom stereocenters. The summed E-state index contributed by atoms with van der Waals surface area (Å²) in [7, 11) is 2.24. The first-order valence-electron chi connectivity index (χ1n) is 6.21. The van der Waals surface area contributed by atoms with Gasteiger partial charge in [-0.05, 0) is 32.2 Å². The van der Waals surface area contributed by atoms with Gasteiger partial charge in [0, 0.05) is 13.1 Å². The van der Waals surface area contributed by atoms with Crippen molar-refractivity contribution in [2.45, 2.75) is 44.9 Å². The van der Waals surface area contributed by atoms with E-state index >= 15 is 0 Å². The van der Waals surface area contributed by atoms with Crippen LogP contribution in [0.2, 0.25) is 0 Å². The van der Waals surface area contributed by atoms with Crippen LogP contribution in [0.3, 0.4) is 0 Å². The van der Waals surface area contributed by atoms with Crippen molar-refractivity contribution in [3.63, 3.8) is 0 Å². The molecular weight excluding hydrogens is 170 g/mol. The van der Waals surface area contributed by atoms with Crippen molar-refractivity contribution in [1.82, 2.24) is 4.90 Å². The second-order valence-electron chi connectivity index (χ2n) is 5.06. The molecule has 1 aliphatic heterocycles. The Kier molecular flexibility index (Phi) is 3.63. The molecule has 1 heterocycles. The first kappa shape index (κ1) is 10.2. The Bertz CT molecular complexity index is 201. The van der Waals surface area contributed by atoms with Gasteiger partial charge < -0.3 is 4.90 Å². The van der Waals surface area contributed by atoms with Crippen LogP contribution in [0, 0.1) is 5.92 Å². The summed E-state index contributed by atoms with van der Waals surface area (Å²) in [4.78, 5) is 2.46. The minimum absolute atomic E-state index is 1.03. The van der Waals surface area contributed by atoms with Gasteiger partial charge in [-0.2, -0.15) is 0 Å². The summed E-state index contributed by atoms with van der Waals surface area (Å²) in [6.07, 6.45) is 12.5. The monoisotopic (exact) mass is 193 g/mol. The summed E-state index contributed by atoms with van der Waals surface area (Å²) in [6, 6.07) is 0. The van der Waals surface area contributed by atoms with Crippen molar-refractivity contribution in [2.75, 3.05) is 20.1 Å². The fourth-order valence-corrected chi connectivity index (χ4v) is 2.81. The van der Waals surface area contributed by atoms with Crippen LogP contribution < -0.4 is 0 Å². The fourth-order valence-electron chi connectivity index (χ4n) is 2.81. The lowest BCUT2D eigenvalue weighted by molar-refractivity contribution is 0.350. The van der Waals surface area contributed by atoms with Gasteiger partial charge in [0.2, 0.25) is 0 Å². The van der Waals surface area contributed by atoms with Crippen molar-refractivity contribution in [3.05, 3.63) is 11.6 Å². The zero-order valence-electron chi connectivity index (χ0n) is 9.47. The highest BCUT2D eigenvalue weighted by atomic mass is 15.1. The van der Waals surface area contributed by atoms with Crippen molar-refractivity contribution in [3.8, 4) is 0 Å². The lowest BCUT2D eigenvalue weighted by Gasteiger charge is -2.14. The summed E-state index contributed by atoms with van der Waals surface area (Å²) in [5.74, 6) is 1.03. The maximum Gasteiger partial charge on any atom is 0.00156 e. The molecule has 14 heavy (non-hydrogen) atoms. The Morgan fingerprint density at radius 2 is 2.07 bits per heavy atom. The van der Waals surface area contributed by atoms with Crippen molar-refractivity contribution in [2.24, 2.45) is 5.92 Å². The van der Waals surface area contributed by atoms with Crippen LogP contribution in [0.15, 0.2) is 11.6 Å². The zero-order chi connectivity index (χ0) is 9.80. The smallest absolute Gasteiger partial charge is 0.00156 e. The summed E-state index contributed by atoms with van der Waals surface area (Å²) < 4.78 is 0. The van der Waals surface area contributed by atoms with Gasteiger partial charge in [0.15, 0.2) is 0 Å². The van der Waals surface area contributed by atoms with E-state index in [4.69, 9.17) is 0 Å². The Balaban J connectivity index is 1.81. The molecule has 0 aromatic heterocycles. The minimum Gasteiger partial charge on any atom is -0.306 e. The molecule has 0 atom stereocenters. The molecule has 0 N–H and O–H groups in total. The summed E-state index contributed by atoms with van der Waals surface area (Å²) in [5, 5.41) is 0.